The molecule has 172 valence electrons. The first-order valence-electron chi connectivity index (χ1n) is 11.0. The number of amides is 1. The zero-order chi connectivity index (χ0) is 23.4. The van der Waals surface area contributed by atoms with Crippen molar-refractivity contribution in [3.8, 4) is 0 Å². The van der Waals surface area contributed by atoms with Crippen LogP contribution in [0.2, 0.25) is 0 Å². The molecular formula is C24H22FN7O2. The van der Waals surface area contributed by atoms with Crippen molar-refractivity contribution in [3.63, 3.8) is 0 Å². The predicted molar refractivity (Wildman–Crippen MR) is 125 cm³/mol. The van der Waals surface area contributed by atoms with E-state index >= 15 is 4.39 Å². The van der Waals surface area contributed by atoms with Crippen LogP contribution in [0.1, 0.15) is 22.5 Å². The lowest BCUT2D eigenvalue weighted by Crippen LogP contribution is -2.40. The number of nitrogens with zero attached hydrogens (tertiary/aromatic N) is 6. The van der Waals surface area contributed by atoms with Gasteiger partial charge in [0.2, 0.25) is 0 Å². The van der Waals surface area contributed by atoms with Gasteiger partial charge in [-0.1, -0.05) is 6.07 Å². The second kappa shape index (κ2) is 7.77. The van der Waals surface area contributed by atoms with Crippen molar-refractivity contribution in [2.24, 2.45) is 7.05 Å². The van der Waals surface area contributed by atoms with Crippen LogP contribution < -0.4 is 5.73 Å². The van der Waals surface area contributed by atoms with Crippen molar-refractivity contribution in [2.75, 3.05) is 18.9 Å². The molecule has 4 aromatic heterocycles. The molecule has 0 radical (unpaired) electrons. The zero-order valence-corrected chi connectivity index (χ0v) is 18.5. The van der Waals surface area contributed by atoms with Crippen molar-refractivity contribution in [1.82, 2.24) is 29.0 Å². The Morgan fingerprint density at radius 2 is 2.18 bits per heavy atom. The van der Waals surface area contributed by atoms with Gasteiger partial charge in [0, 0.05) is 37.5 Å². The number of anilines is 1. The van der Waals surface area contributed by atoms with Crippen LogP contribution in [0, 0.1) is 5.82 Å². The molecule has 1 unspecified atom stereocenters. The molecule has 1 amide bonds. The number of fused-ring (bicyclic) bond motifs is 4. The number of nitrogen functional groups attached to an aromatic ring is 1. The third-order valence-corrected chi connectivity index (χ3v) is 6.38. The topological polar surface area (TPSA) is 104 Å². The van der Waals surface area contributed by atoms with E-state index in [-0.39, 0.29) is 24.0 Å². The van der Waals surface area contributed by atoms with E-state index in [0.29, 0.717) is 41.4 Å². The molecule has 0 aliphatic carbocycles. The fourth-order valence-corrected chi connectivity index (χ4v) is 4.67. The number of pyridine rings is 2. The highest BCUT2D eigenvalue weighted by Crippen LogP contribution is 2.30. The summed E-state index contributed by atoms with van der Waals surface area (Å²) in [7, 11) is 1.78. The molecule has 5 heterocycles. The van der Waals surface area contributed by atoms with Gasteiger partial charge < -0.3 is 19.8 Å². The normalized spacial score (nSPS) is 16.1. The molecule has 1 fully saturated rings. The van der Waals surface area contributed by atoms with Crippen LogP contribution >= 0.6 is 0 Å². The maximum Gasteiger partial charge on any atom is 0.257 e. The van der Waals surface area contributed by atoms with Crippen molar-refractivity contribution >= 4 is 39.2 Å². The number of halogens is 1. The van der Waals surface area contributed by atoms with E-state index in [1.807, 2.05) is 35.0 Å². The number of nitrogens with two attached hydrogens (primary N) is 1. The van der Waals surface area contributed by atoms with Crippen molar-refractivity contribution in [2.45, 2.75) is 19.0 Å². The fourth-order valence-electron chi connectivity index (χ4n) is 4.67. The summed E-state index contributed by atoms with van der Waals surface area (Å²) in [5.41, 5.74) is 8.60. The molecule has 0 bridgehead atoms. The Balaban J connectivity index is 1.45. The SMILES string of the molecule is Cn1ncc2c(N)nc3cc(F)c(C(=O)N(Cc4cn5ccccc5n4)C4CCOC4)cc3c21. The summed E-state index contributed by atoms with van der Waals surface area (Å²) < 4.78 is 24.4. The van der Waals surface area contributed by atoms with Gasteiger partial charge in [-0.05, 0) is 24.6 Å². The average Bonchev–Trinajstić information content (AvgIpc) is 3.57. The molecule has 1 atom stereocenters. The van der Waals surface area contributed by atoms with E-state index in [1.165, 1.54) is 6.07 Å². The van der Waals surface area contributed by atoms with Crippen molar-refractivity contribution in [3.05, 3.63) is 66.0 Å². The highest BCUT2D eigenvalue weighted by Gasteiger charge is 2.31. The molecule has 0 saturated carbocycles. The smallest absolute Gasteiger partial charge is 0.257 e. The monoisotopic (exact) mass is 459 g/mol. The number of rotatable bonds is 4. The van der Waals surface area contributed by atoms with Gasteiger partial charge in [-0.3, -0.25) is 9.48 Å². The standard InChI is InChI=1S/C24H22FN7O2/c1-30-22-17-8-16(19(25)9-20(17)29-23(26)18(22)10-27-30)24(33)32(15-5-7-34-13-15)12-14-11-31-6-3-2-4-21(31)28-14/h2-4,6,8-11,15H,5,7,12-13H2,1H3,(H2,26,29). The summed E-state index contributed by atoms with van der Waals surface area (Å²) >= 11 is 0. The van der Waals surface area contributed by atoms with Gasteiger partial charge in [-0.25, -0.2) is 14.4 Å². The van der Waals surface area contributed by atoms with Crippen LogP contribution in [0.25, 0.3) is 27.5 Å². The highest BCUT2D eigenvalue weighted by atomic mass is 19.1. The minimum absolute atomic E-state index is 0.0303. The molecule has 1 aliphatic rings. The third-order valence-electron chi connectivity index (χ3n) is 6.38. The summed E-state index contributed by atoms with van der Waals surface area (Å²) in [5.74, 6) is -0.797. The van der Waals surface area contributed by atoms with Gasteiger partial charge >= 0.3 is 0 Å². The van der Waals surface area contributed by atoms with E-state index in [2.05, 4.69) is 15.1 Å². The van der Waals surface area contributed by atoms with Gasteiger partial charge in [0.1, 0.15) is 17.3 Å². The first-order chi connectivity index (χ1) is 16.5. The van der Waals surface area contributed by atoms with Crippen LogP contribution in [-0.4, -0.2) is 54.2 Å². The minimum Gasteiger partial charge on any atom is -0.383 e. The lowest BCUT2D eigenvalue weighted by atomic mass is 10.1. The molecule has 1 aliphatic heterocycles. The highest BCUT2D eigenvalue weighted by molar-refractivity contribution is 6.10. The number of hydrogen-bond acceptors (Lipinski definition) is 6. The summed E-state index contributed by atoms with van der Waals surface area (Å²) in [6.07, 6.45) is 6.08. The second-order valence-corrected chi connectivity index (χ2v) is 8.53. The minimum atomic E-state index is -0.648. The van der Waals surface area contributed by atoms with Crippen LogP contribution in [0.15, 0.2) is 48.9 Å². The number of hydrogen-bond donors (Lipinski definition) is 1. The molecule has 0 spiro atoms. The van der Waals surface area contributed by atoms with Crippen molar-refractivity contribution < 1.29 is 13.9 Å². The summed E-state index contributed by atoms with van der Waals surface area (Å²) in [6, 6.07) is 8.36. The van der Waals surface area contributed by atoms with Gasteiger partial charge in [0.15, 0.2) is 0 Å². The van der Waals surface area contributed by atoms with Gasteiger partial charge in [0.25, 0.3) is 5.91 Å². The number of ether oxygens (including phenoxy) is 1. The van der Waals surface area contributed by atoms with E-state index < -0.39 is 11.7 Å². The van der Waals surface area contributed by atoms with E-state index in [0.717, 1.165) is 11.3 Å². The maximum atomic E-state index is 15.3. The average molecular weight is 459 g/mol. The van der Waals surface area contributed by atoms with Gasteiger partial charge in [0.05, 0.1) is 53.1 Å². The molecule has 1 saturated heterocycles. The number of benzene rings is 1. The van der Waals surface area contributed by atoms with Crippen LogP contribution in [0.5, 0.6) is 0 Å². The Bertz CT molecular complexity index is 1540. The van der Waals surface area contributed by atoms with Crippen LogP contribution in [0.4, 0.5) is 10.2 Å². The summed E-state index contributed by atoms with van der Waals surface area (Å²) in [6.45, 7) is 1.20. The van der Waals surface area contributed by atoms with Crippen LogP contribution in [0.3, 0.4) is 0 Å². The number of aryl methyl sites for hydroxylation is 1. The Labute approximate surface area is 193 Å². The number of imidazole rings is 1. The zero-order valence-electron chi connectivity index (χ0n) is 18.5. The number of carbonyl (C=O) groups excluding carboxylic acids is 1. The molecule has 34 heavy (non-hydrogen) atoms. The van der Waals surface area contributed by atoms with Crippen molar-refractivity contribution in [1.29, 1.82) is 0 Å². The van der Waals surface area contributed by atoms with E-state index in [1.54, 1.807) is 28.9 Å². The third kappa shape index (κ3) is 3.26. The first-order valence-corrected chi connectivity index (χ1v) is 11.0. The summed E-state index contributed by atoms with van der Waals surface area (Å²) in [4.78, 5) is 24.4. The van der Waals surface area contributed by atoms with E-state index in [4.69, 9.17) is 10.5 Å². The fraction of sp³-hybridized carbons (Fsp3) is 0.250. The molecule has 6 rings (SSSR count). The number of aromatic nitrogens is 5. The van der Waals surface area contributed by atoms with Gasteiger partial charge in [-0.2, -0.15) is 5.10 Å². The largest absolute Gasteiger partial charge is 0.383 e. The maximum absolute atomic E-state index is 15.3. The lowest BCUT2D eigenvalue weighted by molar-refractivity contribution is 0.0628. The van der Waals surface area contributed by atoms with Crippen LogP contribution in [-0.2, 0) is 18.3 Å². The Hall–Kier alpha value is -4.05. The Kier molecular flexibility index (Phi) is 4.70. The molecule has 5 aromatic rings. The Morgan fingerprint density at radius 3 is 2.97 bits per heavy atom. The summed E-state index contributed by atoms with van der Waals surface area (Å²) in [5, 5.41) is 5.53. The first kappa shape index (κ1) is 20.5. The molecular weight excluding hydrogens is 437 g/mol. The molecule has 1 aromatic carbocycles. The van der Waals surface area contributed by atoms with Gasteiger partial charge in [-0.15, -0.1) is 0 Å². The quantitative estimate of drug-likeness (QED) is 0.443. The Morgan fingerprint density at radius 1 is 1.29 bits per heavy atom. The molecule has 2 N–H and O–H groups in total. The van der Waals surface area contributed by atoms with E-state index in [9.17, 15) is 4.79 Å². The lowest BCUT2D eigenvalue weighted by Gasteiger charge is -2.27. The number of carbonyl (C=O) groups is 1. The molecule has 9 nitrogen and oxygen atoms in total. The molecule has 10 heteroatoms. The predicted octanol–water partition coefficient (Wildman–Crippen LogP) is 2.92. The second-order valence-electron chi connectivity index (χ2n) is 8.53.